The van der Waals surface area contributed by atoms with E-state index in [4.69, 9.17) is 5.11 Å². The Labute approximate surface area is 99.9 Å². The number of fused-ring (bicyclic) bond motifs is 1. The molecule has 0 aromatic rings. The number of urea groups is 1. The summed E-state index contributed by atoms with van der Waals surface area (Å²) in [6.45, 7) is 5.25. The van der Waals surface area contributed by atoms with Gasteiger partial charge in [-0.2, -0.15) is 0 Å². The van der Waals surface area contributed by atoms with Crippen molar-refractivity contribution in [3.8, 4) is 0 Å². The molecule has 0 aromatic heterocycles. The van der Waals surface area contributed by atoms with Crippen LogP contribution in [0.5, 0.6) is 0 Å². The molecule has 0 saturated carbocycles. The molecule has 2 heterocycles. The smallest absolute Gasteiger partial charge is 0.320 e. The van der Waals surface area contributed by atoms with Crippen LogP contribution in [-0.2, 0) is 4.79 Å². The first kappa shape index (κ1) is 11.9. The summed E-state index contributed by atoms with van der Waals surface area (Å²) in [7, 11) is 0. The fourth-order valence-electron chi connectivity index (χ4n) is 2.17. The third-order valence-electron chi connectivity index (χ3n) is 3.28. The zero-order chi connectivity index (χ0) is 12.6. The molecular weight excluding hydrogens is 222 g/mol. The van der Waals surface area contributed by atoms with E-state index in [2.05, 4.69) is 4.99 Å². The van der Waals surface area contributed by atoms with E-state index in [0.717, 1.165) is 0 Å². The lowest BCUT2D eigenvalue weighted by Gasteiger charge is -2.26. The molecule has 94 valence electrons. The molecule has 6 heteroatoms. The second-order valence-electron chi connectivity index (χ2n) is 5.21. The average Bonchev–Trinajstić information content (AvgIpc) is 2.56. The highest BCUT2D eigenvalue weighted by atomic mass is 16.4. The van der Waals surface area contributed by atoms with Crippen LogP contribution in [0.2, 0.25) is 0 Å². The second kappa shape index (κ2) is 4.01. The molecule has 1 saturated heterocycles. The number of carboxylic acid groups (broad SMARTS) is 1. The minimum absolute atomic E-state index is 0.0736. The van der Waals surface area contributed by atoms with Crippen molar-refractivity contribution in [2.45, 2.75) is 19.9 Å². The largest absolute Gasteiger partial charge is 0.481 e. The minimum atomic E-state index is -0.912. The highest BCUT2D eigenvalue weighted by Gasteiger charge is 2.41. The Balaban J connectivity index is 2.05. The van der Waals surface area contributed by atoms with Crippen molar-refractivity contribution in [3.63, 3.8) is 0 Å². The molecule has 17 heavy (non-hydrogen) atoms. The number of carbonyl (C=O) groups is 2. The van der Waals surface area contributed by atoms with Crippen LogP contribution >= 0.6 is 0 Å². The van der Waals surface area contributed by atoms with Gasteiger partial charge in [-0.1, -0.05) is 0 Å². The molecule has 2 aliphatic rings. The minimum Gasteiger partial charge on any atom is -0.481 e. The van der Waals surface area contributed by atoms with E-state index in [1.807, 2.05) is 0 Å². The fourth-order valence-corrected chi connectivity index (χ4v) is 2.17. The standard InChI is InChI=1S/C11H17N3O3/c1-11(2,9(15)16)7-13-6-8-5-12-3-4-14(8)10(13)17/h3,8H,4-7H2,1-2H3,(H,15,16). The number of nitrogens with zero attached hydrogens (tertiary/aromatic N) is 3. The maximum absolute atomic E-state index is 12.0. The third kappa shape index (κ3) is 2.11. The SMILES string of the molecule is CC(C)(CN1CC2CN=CCN2C1=O)C(=O)O. The van der Waals surface area contributed by atoms with Gasteiger partial charge < -0.3 is 14.9 Å². The van der Waals surface area contributed by atoms with Gasteiger partial charge in [-0.05, 0) is 13.8 Å². The molecule has 2 aliphatic heterocycles. The topological polar surface area (TPSA) is 73.2 Å². The molecule has 0 aromatic carbocycles. The summed E-state index contributed by atoms with van der Waals surface area (Å²) < 4.78 is 0. The summed E-state index contributed by atoms with van der Waals surface area (Å²) >= 11 is 0. The number of aliphatic imine (C=N–C) groups is 1. The fraction of sp³-hybridized carbons (Fsp3) is 0.727. The average molecular weight is 239 g/mol. The first-order valence-electron chi connectivity index (χ1n) is 5.69. The van der Waals surface area contributed by atoms with Crippen molar-refractivity contribution in [2.75, 3.05) is 26.2 Å². The lowest BCUT2D eigenvalue weighted by atomic mass is 9.93. The van der Waals surface area contributed by atoms with Crippen molar-refractivity contribution in [3.05, 3.63) is 0 Å². The van der Waals surface area contributed by atoms with Gasteiger partial charge in [0.05, 0.1) is 24.5 Å². The highest BCUT2D eigenvalue weighted by Crippen LogP contribution is 2.24. The van der Waals surface area contributed by atoms with Crippen molar-refractivity contribution in [1.82, 2.24) is 9.80 Å². The van der Waals surface area contributed by atoms with Crippen LogP contribution < -0.4 is 0 Å². The zero-order valence-electron chi connectivity index (χ0n) is 10.1. The maximum atomic E-state index is 12.0. The quantitative estimate of drug-likeness (QED) is 0.769. The Kier molecular flexibility index (Phi) is 2.81. The molecule has 1 atom stereocenters. The van der Waals surface area contributed by atoms with E-state index >= 15 is 0 Å². The number of hydrogen-bond acceptors (Lipinski definition) is 3. The predicted octanol–water partition coefficient (Wildman–Crippen LogP) is 0.288. The van der Waals surface area contributed by atoms with Crippen LogP contribution in [0.1, 0.15) is 13.8 Å². The van der Waals surface area contributed by atoms with Gasteiger partial charge in [0.15, 0.2) is 0 Å². The molecule has 0 bridgehead atoms. The molecule has 0 radical (unpaired) electrons. The number of rotatable bonds is 3. The molecule has 6 nitrogen and oxygen atoms in total. The van der Waals surface area contributed by atoms with Crippen molar-refractivity contribution in [2.24, 2.45) is 10.4 Å². The summed E-state index contributed by atoms with van der Waals surface area (Å²) in [5.41, 5.74) is -0.912. The number of aliphatic carboxylic acids is 1. The number of carbonyl (C=O) groups excluding carboxylic acids is 1. The van der Waals surface area contributed by atoms with Crippen LogP contribution in [0, 0.1) is 5.41 Å². The first-order chi connectivity index (χ1) is 7.92. The van der Waals surface area contributed by atoms with Crippen LogP contribution in [0.4, 0.5) is 4.79 Å². The molecule has 0 aliphatic carbocycles. The zero-order valence-corrected chi connectivity index (χ0v) is 10.1. The number of hydrogen-bond donors (Lipinski definition) is 1. The lowest BCUT2D eigenvalue weighted by Crippen LogP contribution is -2.42. The molecule has 1 unspecified atom stereocenters. The van der Waals surface area contributed by atoms with E-state index in [9.17, 15) is 9.59 Å². The van der Waals surface area contributed by atoms with Gasteiger partial charge >= 0.3 is 12.0 Å². The summed E-state index contributed by atoms with van der Waals surface area (Å²) in [6.07, 6.45) is 1.74. The Morgan fingerprint density at radius 2 is 2.35 bits per heavy atom. The van der Waals surface area contributed by atoms with E-state index in [0.29, 0.717) is 19.6 Å². The van der Waals surface area contributed by atoms with Crippen molar-refractivity contribution < 1.29 is 14.7 Å². The molecule has 1 fully saturated rings. The van der Waals surface area contributed by atoms with Crippen LogP contribution in [-0.4, -0.2) is 65.3 Å². The van der Waals surface area contributed by atoms with E-state index < -0.39 is 11.4 Å². The van der Waals surface area contributed by atoms with Gasteiger partial charge in [-0.3, -0.25) is 9.79 Å². The van der Waals surface area contributed by atoms with Gasteiger partial charge in [-0.15, -0.1) is 0 Å². The van der Waals surface area contributed by atoms with Crippen LogP contribution in [0.15, 0.2) is 4.99 Å². The van der Waals surface area contributed by atoms with Crippen LogP contribution in [0.25, 0.3) is 0 Å². The van der Waals surface area contributed by atoms with Crippen molar-refractivity contribution >= 4 is 18.2 Å². The molecule has 0 spiro atoms. The normalized spacial score (nSPS) is 24.1. The van der Waals surface area contributed by atoms with Crippen molar-refractivity contribution in [1.29, 1.82) is 0 Å². The van der Waals surface area contributed by atoms with E-state index in [1.165, 1.54) is 0 Å². The Morgan fingerprint density at radius 3 is 2.94 bits per heavy atom. The van der Waals surface area contributed by atoms with E-state index in [1.54, 1.807) is 29.9 Å². The predicted molar refractivity (Wildman–Crippen MR) is 62.2 cm³/mol. The lowest BCUT2D eigenvalue weighted by molar-refractivity contribution is -0.147. The number of amides is 2. The molecular formula is C11H17N3O3. The summed E-state index contributed by atoms with van der Waals surface area (Å²) in [6, 6.07) is 0.0348. The first-order valence-corrected chi connectivity index (χ1v) is 5.69. The summed E-state index contributed by atoms with van der Waals surface area (Å²) in [5.74, 6) is -0.883. The van der Waals surface area contributed by atoms with Gasteiger partial charge in [0.2, 0.25) is 0 Å². The monoisotopic (exact) mass is 239 g/mol. The molecule has 1 N–H and O–H groups in total. The summed E-state index contributed by atoms with van der Waals surface area (Å²) in [5, 5.41) is 9.07. The van der Waals surface area contributed by atoms with Gasteiger partial charge in [-0.25, -0.2) is 4.79 Å². The van der Waals surface area contributed by atoms with E-state index in [-0.39, 0.29) is 18.6 Å². The third-order valence-corrected chi connectivity index (χ3v) is 3.28. The molecule has 2 amide bonds. The van der Waals surface area contributed by atoms with Gasteiger partial charge in [0.1, 0.15) is 0 Å². The van der Waals surface area contributed by atoms with Crippen LogP contribution in [0.3, 0.4) is 0 Å². The Hall–Kier alpha value is -1.59. The maximum Gasteiger partial charge on any atom is 0.320 e. The second-order valence-corrected chi connectivity index (χ2v) is 5.21. The molecule has 2 rings (SSSR count). The highest BCUT2D eigenvalue weighted by molar-refractivity contribution is 5.82. The van der Waals surface area contributed by atoms with Gasteiger partial charge in [0.25, 0.3) is 0 Å². The Morgan fingerprint density at radius 1 is 1.65 bits per heavy atom. The number of carboxylic acids is 1. The van der Waals surface area contributed by atoms with Gasteiger partial charge in [0, 0.05) is 19.3 Å². The Bertz CT molecular complexity index is 378. The summed E-state index contributed by atoms with van der Waals surface area (Å²) in [4.78, 5) is 30.6.